The molecule has 0 saturated carbocycles. The fourth-order valence-electron chi connectivity index (χ4n) is 2.96. The first kappa shape index (κ1) is 19.2. The largest absolute Gasteiger partial charge is 0.483 e. The predicted octanol–water partition coefficient (Wildman–Crippen LogP) is 4.38. The van der Waals surface area contributed by atoms with Gasteiger partial charge in [-0.25, -0.2) is 4.98 Å². The van der Waals surface area contributed by atoms with Gasteiger partial charge in [0.25, 0.3) is 5.91 Å². The topological polar surface area (TPSA) is 69.0 Å². The third-order valence-corrected chi connectivity index (χ3v) is 4.83. The van der Waals surface area contributed by atoms with Crippen LogP contribution in [0.2, 0.25) is 5.02 Å². The van der Waals surface area contributed by atoms with Crippen molar-refractivity contribution in [2.75, 3.05) is 11.9 Å². The molecule has 1 aromatic carbocycles. The summed E-state index contributed by atoms with van der Waals surface area (Å²) in [5, 5.41) is 8.76. The number of hydrogen-bond acceptors (Lipinski definition) is 4. The standard InChI is InChI=1S/C20H23ClN4O2/c1-11(2)15-8-17(21)12(3)6-18(15)27-10-19(26)23-14-7-16-13(4)24-25(5)20(16)22-9-14/h6-9,11H,10H2,1-5H3,(H,23,26). The fourth-order valence-corrected chi connectivity index (χ4v) is 3.14. The summed E-state index contributed by atoms with van der Waals surface area (Å²) < 4.78 is 7.49. The van der Waals surface area contributed by atoms with E-state index in [9.17, 15) is 4.79 Å². The summed E-state index contributed by atoms with van der Waals surface area (Å²) in [6, 6.07) is 5.64. The molecule has 6 nitrogen and oxygen atoms in total. The van der Waals surface area contributed by atoms with E-state index < -0.39 is 0 Å². The minimum absolute atomic E-state index is 0.0924. The number of benzene rings is 1. The molecular weight excluding hydrogens is 364 g/mol. The van der Waals surface area contributed by atoms with Gasteiger partial charge >= 0.3 is 0 Å². The molecule has 1 amide bonds. The van der Waals surface area contributed by atoms with Gasteiger partial charge in [0.15, 0.2) is 12.3 Å². The summed E-state index contributed by atoms with van der Waals surface area (Å²) in [4.78, 5) is 16.7. The molecule has 1 N–H and O–H groups in total. The van der Waals surface area contributed by atoms with Crippen LogP contribution >= 0.6 is 11.6 Å². The number of rotatable bonds is 5. The number of amides is 1. The number of pyridine rings is 1. The van der Waals surface area contributed by atoms with E-state index in [1.165, 1.54) is 0 Å². The Hall–Kier alpha value is -2.60. The summed E-state index contributed by atoms with van der Waals surface area (Å²) in [6.45, 7) is 7.85. The SMILES string of the molecule is Cc1cc(OCC(=O)Nc2cnc3c(c2)c(C)nn3C)c(C(C)C)cc1Cl. The molecule has 0 fully saturated rings. The second-order valence-corrected chi connectivity index (χ2v) is 7.34. The minimum Gasteiger partial charge on any atom is -0.483 e. The van der Waals surface area contributed by atoms with Crippen molar-refractivity contribution >= 4 is 34.2 Å². The number of fused-ring (bicyclic) bond motifs is 1. The van der Waals surface area contributed by atoms with Crippen LogP contribution in [0.25, 0.3) is 11.0 Å². The summed E-state index contributed by atoms with van der Waals surface area (Å²) >= 11 is 6.21. The predicted molar refractivity (Wildman–Crippen MR) is 108 cm³/mol. The van der Waals surface area contributed by atoms with Gasteiger partial charge in [-0.05, 0) is 49.1 Å². The van der Waals surface area contributed by atoms with E-state index in [0.717, 1.165) is 27.9 Å². The van der Waals surface area contributed by atoms with E-state index in [-0.39, 0.29) is 18.4 Å². The van der Waals surface area contributed by atoms with Crippen LogP contribution in [0.1, 0.15) is 36.6 Å². The quantitative estimate of drug-likeness (QED) is 0.706. The molecule has 0 aliphatic rings. The molecule has 0 atom stereocenters. The minimum atomic E-state index is -0.250. The Morgan fingerprint density at radius 1 is 1.30 bits per heavy atom. The number of ether oxygens (including phenoxy) is 1. The van der Waals surface area contributed by atoms with Crippen LogP contribution in [-0.4, -0.2) is 27.3 Å². The van der Waals surface area contributed by atoms with E-state index in [0.29, 0.717) is 16.5 Å². The van der Waals surface area contributed by atoms with Gasteiger partial charge < -0.3 is 10.1 Å². The van der Waals surface area contributed by atoms with Crippen LogP contribution in [0.15, 0.2) is 24.4 Å². The molecule has 142 valence electrons. The maximum absolute atomic E-state index is 12.3. The van der Waals surface area contributed by atoms with Gasteiger partial charge in [-0.1, -0.05) is 25.4 Å². The van der Waals surface area contributed by atoms with Crippen molar-refractivity contribution < 1.29 is 9.53 Å². The highest BCUT2D eigenvalue weighted by molar-refractivity contribution is 6.31. The number of aromatic nitrogens is 3. The van der Waals surface area contributed by atoms with E-state index in [2.05, 4.69) is 29.2 Å². The number of nitrogens with zero attached hydrogens (tertiary/aromatic N) is 3. The monoisotopic (exact) mass is 386 g/mol. The Labute approximate surface area is 163 Å². The molecule has 0 aliphatic heterocycles. The van der Waals surface area contributed by atoms with Gasteiger partial charge in [0.1, 0.15) is 5.75 Å². The van der Waals surface area contributed by atoms with Crippen LogP contribution in [0.3, 0.4) is 0 Å². The molecule has 0 aliphatic carbocycles. The van der Waals surface area contributed by atoms with Crippen molar-refractivity contribution in [1.29, 1.82) is 0 Å². The summed E-state index contributed by atoms with van der Waals surface area (Å²) in [7, 11) is 1.84. The van der Waals surface area contributed by atoms with Crippen molar-refractivity contribution in [3.8, 4) is 5.75 Å². The van der Waals surface area contributed by atoms with Gasteiger partial charge in [-0.2, -0.15) is 5.10 Å². The zero-order valence-corrected chi connectivity index (χ0v) is 16.9. The van der Waals surface area contributed by atoms with Crippen molar-refractivity contribution in [1.82, 2.24) is 14.8 Å². The van der Waals surface area contributed by atoms with Gasteiger partial charge in [-0.3, -0.25) is 9.48 Å². The Balaban J connectivity index is 1.72. The number of carbonyl (C=O) groups excluding carboxylic acids is 1. The van der Waals surface area contributed by atoms with Crippen LogP contribution in [-0.2, 0) is 11.8 Å². The van der Waals surface area contributed by atoms with E-state index in [1.807, 2.05) is 39.1 Å². The molecule has 2 aromatic heterocycles. The second kappa shape index (κ2) is 7.56. The molecule has 7 heteroatoms. The van der Waals surface area contributed by atoms with Gasteiger partial charge in [0, 0.05) is 17.5 Å². The zero-order chi connectivity index (χ0) is 19.7. The number of anilines is 1. The van der Waals surface area contributed by atoms with Gasteiger partial charge in [-0.15, -0.1) is 0 Å². The summed E-state index contributed by atoms with van der Waals surface area (Å²) in [5.41, 5.74) is 4.15. The number of hydrogen-bond donors (Lipinski definition) is 1. The average Bonchev–Trinajstić information content (AvgIpc) is 2.89. The Kier molecular flexibility index (Phi) is 5.37. The molecule has 3 aromatic rings. The maximum atomic E-state index is 12.3. The second-order valence-electron chi connectivity index (χ2n) is 6.93. The molecule has 3 rings (SSSR count). The number of halogens is 1. The van der Waals surface area contributed by atoms with Crippen molar-refractivity contribution in [3.05, 3.63) is 46.2 Å². The van der Waals surface area contributed by atoms with Crippen LogP contribution in [0.5, 0.6) is 5.75 Å². The van der Waals surface area contributed by atoms with Gasteiger partial charge in [0.2, 0.25) is 0 Å². The Morgan fingerprint density at radius 3 is 2.74 bits per heavy atom. The molecule has 2 heterocycles. The van der Waals surface area contributed by atoms with Crippen LogP contribution in [0, 0.1) is 13.8 Å². The van der Waals surface area contributed by atoms with Gasteiger partial charge in [0.05, 0.1) is 17.6 Å². The molecule has 0 radical (unpaired) electrons. The first-order valence-corrected chi connectivity index (χ1v) is 9.16. The van der Waals surface area contributed by atoms with E-state index in [4.69, 9.17) is 16.3 Å². The first-order valence-electron chi connectivity index (χ1n) is 8.78. The molecule has 27 heavy (non-hydrogen) atoms. The molecule has 0 unspecified atom stereocenters. The third-order valence-electron chi connectivity index (χ3n) is 4.42. The molecular formula is C20H23ClN4O2. The highest BCUT2D eigenvalue weighted by Gasteiger charge is 2.14. The summed E-state index contributed by atoms with van der Waals surface area (Å²) in [6.07, 6.45) is 1.62. The zero-order valence-electron chi connectivity index (χ0n) is 16.1. The van der Waals surface area contributed by atoms with Crippen molar-refractivity contribution in [3.63, 3.8) is 0 Å². The lowest BCUT2D eigenvalue weighted by Crippen LogP contribution is -2.20. The van der Waals surface area contributed by atoms with E-state index >= 15 is 0 Å². The Morgan fingerprint density at radius 2 is 2.04 bits per heavy atom. The fraction of sp³-hybridized carbons (Fsp3) is 0.350. The van der Waals surface area contributed by atoms with Crippen molar-refractivity contribution in [2.45, 2.75) is 33.6 Å². The van der Waals surface area contributed by atoms with Crippen molar-refractivity contribution in [2.24, 2.45) is 7.05 Å². The average molecular weight is 387 g/mol. The lowest BCUT2D eigenvalue weighted by molar-refractivity contribution is -0.118. The highest BCUT2D eigenvalue weighted by atomic mass is 35.5. The van der Waals surface area contributed by atoms with Crippen LogP contribution < -0.4 is 10.1 Å². The normalized spacial score (nSPS) is 11.2. The number of carbonyl (C=O) groups is 1. The lowest BCUT2D eigenvalue weighted by atomic mass is 10.0. The van der Waals surface area contributed by atoms with Crippen LogP contribution in [0.4, 0.5) is 5.69 Å². The number of aryl methyl sites for hydroxylation is 3. The lowest BCUT2D eigenvalue weighted by Gasteiger charge is -2.16. The maximum Gasteiger partial charge on any atom is 0.262 e. The molecule has 0 spiro atoms. The molecule has 0 saturated heterocycles. The number of nitrogens with one attached hydrogen (secondary N) is 1. The Bertz CT molecular complexity index is 1010. The first-order chi connectivity index (χ1) is 12.8. The molecule has 0 bridgehead atoms. The smallest absolute Gasteiger partial charge is 0.262 e. The summed E-state index contributed by atoms with van der Waals surface area (Å²) in [5.74, 6) is 0.667. The third kappa shape index (κ3) is 4.06. The highest BCUT2D eigenvalue weighted by Crippen LogP contribution is 2.32. The van der Waals surface area contributed by atoms with E-state index in [1.54, 1.807) is 10.9 Å².